The second-order valence-corrected chi connectivity index (χ2v) is 4.07. The first kappa shape index (κ1) is 11.3. The number of hydrogen-bond donors (Lipinski definition) is 3. The lowest BCUT2D eigenvalue weighted by Gasteiger charge is -2.25. The summed E-state index contributed by atoms with van der Waals surface area (Å²) >= 11 is 0. The molecule has 0 bridgehead atoms. The molecule has 0 aromatic carbocycles. The van der Waals surface area contributed by atoms with Crippen molar-refractivity contribution in [2.24, 2.45) is 5.92 Å². The first-order valence-electron chi connectivity index (χ1n) is 5.37. The third kappa shape index (κ3) is 3.96. The Morgan fingerprint density at radius 3 is 2.79 bits per heavy atom. The van der Waals surface area contributed by atoms with Gasteiger partial charge in [-0.15, -0.1) is 0 Å². The molecule has 0 aromatic heterocycles. The van der Waals surface area contributed by atoms with Crippen LogP contribution in [0.1, 0.15) is 32.6 Å². The van der Waals surface area contributed by atoms with E-state index in [9.17, 15) is 4.79 Å². The smallest absolute Gasteiger partial charge is 0.315 e. The molecule has 0 aromatic rings. The van der Waals surface area contributed by atoms with Gasteiger partial charge in [0.15, 0.2) is 0 Å². The molecule has 1 atom stereocenters. The molecule has 2 amide bonds. The van der Waals surface area contributed by atoms with Crippen molar-refractivity contribution in [2.45, 2.75) is 38.6 Å². The Balaban J connectivity index is 1.96. The predicted octanol–water partition coefficient (Wildman–Crippen LogP) is 0.857. The minimum Gasteiger partial charge on any atom is -0.394 e. The number of aliphatic hydroxyl groups is 1. The van der Waals surface area contributed by atoms with Crippen molar-refractivity contribution < 1.29 is 9.90 Å². The van der Waals surface area contributed by atoms with Crippen LogP contribution in [0.25, 0.3) is 0 Å². The van der Waals surface area contributed by atoms with Gasteiger partial charge in [0, 0.05) is 6.54 Å². The van der Waals surface area contributed by atoms with E-state index in [2.05, 4.69) is 10.6 Å². The summed E-state index contributed by atoms with van der Waals surface area (Å²) in [6.07, 6.45) is 5.06. The van der Waals surface area contributed by atoms with Gasteiger partial charge in [0.1, 0.15) is 0 Å². The van der Waals surface area contributed by atoms with Crippen molar-refractivity contribution in [3.05, 3.63) is 0 Å². The Morgan fingerprint density at radius 1 is 1.57 bits per heavy atom. The highest BCUT2D eigenvalue weighted by Crippen LogP contribution is 2.28. The number of carbonyl (C=O) groups excluding carboxylic acids is 1. The molecule has 1 fully saturated rings. The van der Waals surface area contributed by atoms with Crippen LogP contribution in [-0.2, 0) is 0 Å². The van der Waals surface area contributed by atoms with Crippen LogP contribution in [0.3, 0.4) is 0 Å². The van der Waals surface area contributed by atoms with E-state index in [-0.39, 0.29) is 18.7 Å². The monoisotopic (exact) mass is 200 g/mol. The van der Waals surface area contributed by atoms with Gasteiger partial charge in [-0.2, -0.15) is 0 Å². The van der Waals surface area contributed by atoms with Crippen LogP contribution in [0.15, 0.2) is 0 Å². The zero-order valence-electron chi connectivity index (χ0n) is 8.75. The molecule has 0 radical (unpaired) electrons. The molecule has 1 aliphatic rings. The van der Waals surface area contributed by atoms with Crippen molar-refractivity contribution in [3.8, 4) is 0 Å². The van der Waals surface area contributed by atoms with Gasteiger partial charge in [0.25, 0.3) is 0 Å². The number of nitrogens with one attached hydrogen (secondary N) is 2. The van der Waals surface area contributed by atoms with Crippen LogP contribution >= 0.6 is 0 Å². The van der Waals surface area contributed by atoms with Crippen molar-refractivity contribution in [2.75, 3.05) is 13.2 Å². The van der Waals surface area contributed by atoms with Crippen LogP contribution in [0.5, 0.6) is 0 Å². The summed E-state index contributed by atoms with van der Waals surface area (Å²) in [6.45, 7) is 2.50. The molecule has 3 N–H and O–H groups in total. The lowest BCUT2D eigenvalue weighted by molar-refractivity contribution is 0.218. The summed E-state index contributed by atoms with van der Waals surface area (Å²) in [5, 5.41) is 14.1. The van der Waals surface area contributed by atoms with E-state index in [0.717, 1.165) is 18.9 Å². The van der Waals surface area contributed by atoms with E-state index < -0.39 is 0 Å². The highest BCUT2D eigenvalue weighted by Gasteiger charge is 2.16. The second kappa shape index (κ2) is 5.86. The van der Waals surface area contributed by atoms with E-state index in [1.807, 2.05) is 0 Å². The summed E-state index contributed by atoms with van der Waals surface area (Å²) in [5.41, 5.74) is 0. The van der Waals surface area contributed by atoms with Gasteiger partial charge in [-0.1, -0.05) is 19.3 Å². The lowest BCUT2D eigenvalue weighted by atomic mass is 9.83. The first-order valence-corrected chi connectivity index (χ1v) is 5.37. The van der Waals surface area contributed by atoms with Crippen LogP contribution in [0, 0.1) is 5.92 Å². The molecule has 82 valence electrons. The molecule has 1 rings (SSSR count). The van der Waals surface area contributed by atoms with Crippen LogP contribution in [0.2, 0.25) is 0 Å². The van der Waals surface area contributed by atoms with Crippen molar-refractivity contribution in [1.29, 1.82) is 0 Å². The molecular weight excluding hydrogens is 180 g/mol. The number of hydrogen-bond acceptors (Lipinski definition) is 2. The Bertz CT molecular complexity index is 181. The molecule has 4 heteroatoms. The average Bonchev–Trinajstić information content (AvgIpc) is 2.09. The fourth-order valence-electron chi connectivity index (χ4n) is 1.49. The van der Waals surface area contributed by atoms with Gasteiger partial charge in [-0.25, -0.2) is 4.79 Å². The van der Waals surface area contributed by atoms with E-state index in [0.29, 0.717) is 0 Å². The van der Waals surface area contributed by atoms with E-state index in [4.69, 9.17) is 5.11 Å². The van der Waals surface area contributed by atoms with E-state index in [1.54, 1.807) is 6.92 Å². The molecule has 0 saturated heterocycles. The summed E-state index contributed by atoms with van der Waals surface area (Å²) < 4.78 is 0. The molecular formula is C10H20N2O2. The van der Waals surface area contributed by atoms with E-state index >= 15 is 0 Å². The standard InChI is InChI=1S/C10H20N2O2/c1-8(7-13)12-10(14)11-6-5-9-3-2-4-9/h8-9,13H,2-7H2,1H3,(H2,11,12,14)/t8-/m0/s1. The fourth-order valence-corrected chi connectivity index (χ4v) is 1.49. The normalized spacial score (nSPS) is 18.4. The summed E-state index contributed by atoms with van der Waals surface area (Å²) in [7, 11) is 0. The number of amides is 2. The molecule has 0 aliphatic heterocycles. The number of urea groups is 1. The molecule has 14 heavy (non-hydrogen) atoms. The van der Waals surface area contributed by atoms with Crippen LogP contribution < -0.4 is 10.6 Å². The minimum absolute atomic E-state index is 0.0178. The molecule has 4 nitrogen and oxygen atoms in total. The van der Waals surface area contributed by atoms with E-state index in [1.165, 1.54) is 19.3 Å². The van der Waals surface area contributed by atoms with Gasteiger partial charge in [0.2, 0.25) is 0 Å². The number of aliphatic hydroxyl groups excluding tert-OH is 1. The quantitative estimate of drug-likeness (QED) is 0.616. The Kier molecular flexibility index (Phi) is 4.73. The topological polar surface area (TPSA) is 61.4 Å². The molecule has 1 saturated carbocycles. The van der Waals surface area contributed by atoms with Gasteiger partial charge < -0.3 is 15.7 Å². The van der Waals surface area contributed by atoms with Crippen LogP contribution in [-0.4, -0.2) is 30.3 Å². The Hall–Kier alpha value is -0.770. The lowest BCUT2D eigenvalue weighted by Crippen LogP contribution is -2.43. The summed E-state index contributed by atoms with van der Waals surface area (Å²) in [6, 6.07) is -0.343. The zero-order valence-corrected chi connectivity index (χ0v) is 8.75. The van der Waals surface area contributed by atoms with Gasteiger partial charge >= 0.3 is 6.03 Å². The third-order valence-corrected chi connectivity index (χ3v) is 2.71. The molecule has 0 heterocycles. The highest BCUT2D eigenvalue weighted by atomic mass is 16.3. The number of rotatable bonds is 5. The Labute approximate surface area is 85.1 Å². The maximum absolute atomic E-state index is 11.2. The first-order chi connectivity index (χ1) is 6.72. The second-order valence-electron chi connectivity index (χ2n) is 4.07. The average molecular weight is 200 g/mol. The maximum Gasteiger partial charge on any atom is 0.315 e. The summed E-state index contributed by atoms with van der Waals surface area (Å²) in [4.78, 5) is 11.2. The molecule has 0 unspecified atom stereocenters. The predicted molar refractivity (Wildman–Crippen MR) is 55.0 cm³/mol. The molecule has 0 spiro atoms. The maximum atomic E-state index is 11.2. The van der Waals surface area contributed by atoms with Crippen molar-refractivity contribution in [3.63, 3.8) is 0 Å². The molecule has 1 aliphatic carbocycles. The van der Waals surface area contributed by atoms with Crippen molar-refractivity contribution >= 4 is 6.03 Å². The van der Waals surface area contributed by atoms with Gasteiger partial charge in [-0.3, -0.25) is 0 Å². The minimum atomic E-state index is -0.175. The SMILES string of the molecule is C[C@@H](CO)NC(=O)NCCC1CCC1. The highest BCUT2D eigenvalue weighted by molar-refractivity contribution is 5.74. The Morgan fingerprint density at radius 2 is 2.29 bits per heavy atom. The third-order valence-electron chi connectivity index (χ3n) is 2.71. The van der Waals surface area contributed by atoms with Gasteiger partial charge in [0.05, 0.1) is 12.6 Å². The fraction of sp³-hybridized carbons (Fsp3) is 0.900. The summed E-state index contributed by atoms with van der Waals surface area (Å²) in [5.74, 6) is 0.825. The zero-order chi connectivity index (χ0) is 10.4. The number of carbonyl (C=O) groups is 1. The van der Waals surface area contributed by atoms with Crippen LogP contribution in [0.4, 0.5) is 4.79 Å². The largest absolute Gasteiger partial charge is 0.394 e. The van der Waals surface area contributed by atoms with Gasteiger partial charge in [-0.05, 0) is 19.3 Å². The van der Waals surface area contributed by atoms with Crippen molar-refractivity contribution in [1.82, 2.24) is 10.6 Å².